The van der Waals surface area contributed by atoms with E-state index in [9.17, 15) is 0 Å². The largest absolute Gasteiger partial charge is 0.303 e. The molecule has 0 unspecified atom stereocenters. The van der Waals surface area contributed by atoms with Crippen molar-refractivity contribution in [2.75, 3.05) is 25.0 Å². The first-order valence-corrected chi connectivity index (χ1v) is 7.54. The van der Waals surface area contributed by atoms with Crippen molar-refractivity contribution in [3.8, 4) is 0 Å². The summed E-state index contributed by atoms with van der Waals surface area (Å²) >= 11 is 3.49. The van der Waals surface area contributed by atoms with Gasteiger partial charge in [0.05, 0.1) is 0 Å². The van der Waals surface area contributed by atoms with Gasteiger partial charge in [-0.05, 0) is 57.2 Å². The molecular formula is C13H26BrN. The van der Waals surface area contributed by atoms with E-state index in [0.29, 0.717) is 5.41 Å². The van der Waals surface area contributed by atoms with Crippen LogP contribution in [0.2, 0.25) is 0 Å². The van der Waals surface area contributed by atoms with Gasteiger partial charge in [-0.25, -0.2) is 0 Å². The van der Waals surface area contributed by atoms with Crippen molar-refractivity contribution in [3.63, 3.8) is 0 Å². The molecule has 0 amide bonds. The molecule has 0 aromatic heterocycles. The Labute approximate surface area is 104 Å². The van der Waals surface area contributed by atoms with Crippen molar-refractivity contribution in [1.29, 1.82) is 0 Å². The highest BCUT2D eigenvalue weighted by Crippen LogP contribution is 2.29. The van der Waals surface area contributed by atoms with E-state index >= 15 is 0 Å². The van der Waals surface area contributed by atoms with Crippen LogP contribution in [0.5, 0.6) is 0 Å². The first-order valence-electron chi connectivity index (χ1n) is 6.42. The first kappa shape index (κ1) is 13.5. The molecule has 15 heavy (non-hydrogen) atoms. The molecule has 0 N–H and O–H groups in total. The minimum Gasteiger partial charge on any atom is -0.303 e. The predicted octanol–water partition coefficient (Wildman–Crippen LogP) is 4.06. The fraction of sp³-hybridized carbons (Fsp3) is 1.00. The second-order valence-electron chi connectivity index (χ2n) is 5.61. The summed E-state index contributed by atoms with van der Waals surface area (Å²) in [4.78, 5) is 2.67. The van der Waals surface area contributed by atoms with E-state index < -0.39 is 0 Å². The van der Waals surface area contributed by atoms with Crippen LogP contribution in [-0.4, -0.2) is 29.9 Å². The van der Waals surface area contributed by atoms with E-state index in [1.165, 1.54) is 63.5 Å². The van der Waals surface area contributed by atoms with Gasteiger partial charge in [0.1, 0.15) is 0 Å². The topological polar surface area (TPSA) is 3.24 Å². The predicted molar refractivity (Wildman–Crippen MR) is 71.7 cm³/mol. The zero-order chi connectivity index (χ0) is 11.1. The third-order valence-corrected chi connectivity index (χ3v) is 4.10. The molecule has 1 saturated heterocycles. The average molecular weight is 276 g/mol. The Balaban J connectivity index is 2.14. The fourth-order valence-corrected chi connectivity index (χ4v) is 2.71. The third kappa shape index (κ3) is 5.91. The normalized spacial score (nSPS) is 22.6. The monoisotopic (exact) mass is 275 g/mol. The first-order chi connectivity index (χ1) is 7.14. The third-order valence-electron chi connectivity index (χ3n) is 3.54. The van der Waals surface area contributed by atoms with Crippen molar-refractivity contribution < 1.29 is 0 Å². The molecule has 1 nitrogen and oxygen atoms in total. The summed E-state index contributed by atoms with van der Waals surface area (Å²) in [5.41, 5.74) is 0.588. The molecule has 0 aromatic rings. The van der Waals surface area contributed by atoms with Crippen LogP contribution in [0.15, 0.2) is 0 Å². The summed E-state index contributed by atoms with van der Waals surface area (Å²) in [7, 11) is 0. The van der Waals surface area contributed by atoms with Crippen LogP contribution in [0.1, 0.15) is 52.4 Å². The van der Waals surface area contributed by atoms with Crippen molar-refractivity contribution in [1.82, 2.24) is 4.90 Å². The highest BCUT2D eigenvalue weighted by molar-refractivity contribution is 9.09. The van der Waals surface area contributed by atoms with E-state index in [4.69, 9.17) is 0 Å². The zero-order valence-electron chi connectivity index (χ0n) is 10.4. The second kappa shape index (κ2) is 6.90. The molecule has 0 aromatic carbocycles. The second-order valence-corrected chi connectivity index (χ2v) is 6.40. The lowest BCUT2D eigenvalue weighted by Crippen LogP contribution is -2.26. The van der Waals surface area contributed by atoms with Crippen LogP contribution in [0.25, 0.3) is 0 Å². The molecular weight excluding hydrogens is 250 g/mol. The van der Waals surface area contributed by atoms with Crippen LogP contribution in [0, 0.1) is 5.41 Å². The zero-order valence-corrected chi connectivity index (χ0v) is 12.0. The van der Waals surface area contributed by atoms with E-state index in [1.54, 1.807) is 0 Å². The standard InChI is InChI=1S/C13H26BrN/c1-13(2)7-6-11-15(12-8-13)10-5-3-4-9-14/h3-12H2,1-2H3. The van der Waals surface area contributed by atoms with E-state index in [0.717, 1.165) is 0 Å². The van der Waals surface area contributed by atoms with E-state index in [1.807, 2.05) is 0 Å². The lowest BCUT2D eigenvalue weighted by molar-refractivity contribution is 0.258. The molecule has 90 valence electrons. The molecule has 1 rings (SSSR count). The van der Waals surface area contributed by atoms with Crippen LogP contribution in [0.3, 0.4) is 0 Å². The highest BCUT2D eigenvalue weighted by Gasteiger charge is 2.22. The van der Waals surface area contributed by atoms with E-state index in [-0.39, 0.29) is 0 Å². The van der Waals surface area contributed by atoms with Gasteiger partial charge in [0.15, 0.2) is 0 Å². The highest BCUT2D eigenvalue weighted by atomic mass is 79.9. The number of halogens is 1. The summed E-state index contributed by atoms with van der Waals surface area (Å²) in [6.45, 7) is 8.81. The van der Waals surface area contributed by atoms with Gasteiger partial charge in [-0.2, -0.15) is 0 Å². The number of alkyl halides is 1. The van der Waals surface area contributed by atoms with Crippen molar-refractivity contribution >= 4 is 15.9 Å². The van der Waals surface area contributed by atoms with Crippen LogP contribution in [0.4, 0.5) is 0 Å². The van der Waals surface area contributed by atoms with E-state index in [2.05, 4.69) is 34.7 Å². The van der Waals surface area contributed by atoms with Crippen LogP contribution < -0.4 is 0 Å². The summed E-state index contributed by atoms with van der Waals surface area (Å²) < 4.78 is 0. The molecule has 1 heterocycles. The maximum absolute atomic E-state index is 3.49. The lowest BCUT2D eigenvalue weighted by Gasteiger charge is -2.23. The van der Waals surface area contributed by atoms with Gasteiger partial charge in [0.2, 0.25) is 0 Å². The quantitative estimate of drug-likeness (QED) is 0.540. The van der Waals surface area contributed by atoms with Crippen molar-refractivity contribution in [2.45, 2.75) is 52.4 Å². The van der Waals surface area contributed by atoms with Gasteiger partial charge in [-0.15, -0.1) is 0 Å². The number of unbranched alkanes of at least 4 members (excludes halogenated alkanes) is 2. The molecule has 1 aliphatic rings. The van der Waals surface area contributed by atoms with Crippen LogP contribution >= 0.6 is 15.9 Å². The molecule has 0 radical (unpaired) electrons. The number of hydrogen-bond acceptors (Lipinski definition) is 1. The molecule has 0 atom stereocenters. The molecule has 0 spiro atoms. The summed E-state index contributed by atoms with van der Waals surface area (Å²) in [5, 5.41) is 1.17. The van der Waals surface area contributed by atoms with Crippen LogP contribution in [-0.2, 0) is 0 Å². The summed E-state index contributed by atoms with van der Waals surface area (Å²) in [5.74, 6) is 0. The number of nitrogens with zero attached hydrogens (tertiary/aromatic N) is 1. The Kier molecular flexibility index (Phi) is 6.21. The maximum Gasteiger partial charge on any atom is 0.00313 e. The number of likely N-dealkylation sites (tertiary alicyclic amines) is 1. The lowest BCUT2D eigenvalue weighted by atomic mass is 9.85. The van der Waals surface area contributed by atoms with Gasteiger partial charge in [0, 0.05) is 5.33 Å². The average Bonchev–Trinajstić information content (AvgIpc) is 2.35. The Morgan fingerprint density at radius 3 is 2.60 bits per heavy atom. The Bertz CT molecular complexity index is 168. The SMILES string of the molecule is CC1(C)CCCN(CCCCCBr)CC1. The molecule has 1 fully saturated rings. The van der Waals surface area contributed by atoms with Gasteiger partial charge >= 0.3 is 0 Å². The van der Waals surface area contributed by atoms with Gasteiger partial charge in [-0.3, -0.25) is 0 Å². The number of rotatable bonds is 5. The minimum absolute atomic E-state index is 0.588. The molecule has 0 saturated carbocycles. The smallest absolute Gasteiger partial charge is 0.00313 e. The number of hydrogen-bond donors (Lipinski definition) is 0. The fourth-order valence-electron chi connectivity index (χ4n) is 2.31. The Hall–Kier alpha value is 0.440. The molecule has 1 aliphatic heterocycles. The van der Waals surface area contributed by atoms with Crippen molar-refractivity contribution in [3.05, 3.63) is 0 Å². The van der Waals surface area contributed by atoms with Gasteiger partial charge in [-0.1, -0.05) is 36.2 Å². The molecule has 0 bridgehead atoms. The van der Waals surface area contributed by atoms with Crippen molar-refractivity contribution in [2.24, 2.45) is 5.41 Å². The summed E-state index contributed by atoms with van der Waals surface area (Å²) in [6, 6.07) is 0. The van der Waals surface area contributed by atoms with Gasteiger partial charge < -0.3 is 4.90 Å². The van der Waals surface area contributed by atoms with Gasteiger partial charge in [0.25, 0.3) is 0 Å². The Morgan fingerprint density at radius 1 is 1.07 bits per heavy atom. The minimum atomic E-state index is 0.588. The molecule has 2 heteroatoms. The molecule has 0 aliphatic carbocycles. The maximum atomic E-state index is 3.49. The summed E-state index contributed by atoms with van der Waals surface area (Å²) in [6.07, 6.45) is 8.28. The Morgan fingerprint density at radius 2 is 1.87 bits per heavy atom.